The first-order valence-corrected chi connectivity index (χ1v) is 10.2. The van der Waals surface area contributed by atoms with Crippen molar-refractivity contribution in [2.24, 2.45) is 0 Å². The molecule has 2 heterocycles. The molecule has 0 unspecified atom stereocenters. The Balaban J connectivity index is 1.30. The molecule has 0 aliphatic heterocycles. The molecule has 7 nitrogen and oxygen atoms in total. The Morgan fingerprint density at radius 1 is 1.17 bits per heavy atom. The summed E-state index contributed by atoms with van der Waals surface area (Å²) in [5, 5.41) is 9.59. The first-order valence-electron chi connectivity index (χ1n) is 10.2. The van der Waals surface area contributed by atoms with E-state index in [-0.39, 0.29) is 11.6 Å². The molecule has 1 aliphatic carbocycles. The number of hydrogen-bond donors (Lipinski definition) is 2. The molecule has 0 radical (unpaired) electrons. The third kappa shape index (κ3) is 4.72. The first-order chi connectivity index (χ1) is 14.1. The normalized spacial score (nSPS) is 14.9. The van der Waals surface area contributed by atoms with Gasteiger partial charge in [0.1, 0.15) is 11.5 Å². The molecule has 0 atom stereocenters. The van der Waals surface area contributed by atoms with E-state index in [2.05, 4.69) is 4.98 Å². The molecule has 2 aromatic heterocycles. The summed E-state index contributed by atoms with van der Waals surface area (Å²) in [5.41, 5.74) is 1.88. The molecule has 2 N–H and O–H groups in total. The van der Waals surface area contributed by atoms with Gasteiger partial charge in [-0.3, -0.25) is 4.98 Å². The molecule has 3 aromatic rings. The van der Waals surface area contributed by atoms with Crippen LogP contribution in [0.3, 0.4) is 0 Å². The van der Waals surface area contributed by atoms with E-state index in [0.717, 1.165) is 28.7 Å². The van der Waals surface area contributed by atoms with Gasteiger partial charge in [-0.05, 0) is 37.5 Å². The van der Waals surface area contributed by atoms with Crippen LogP contribution in [0.1, 0.15) is 66.7 Å². The zero-order valence-electron chi connectivity index (χ0n) is 16.6. The Labute approximate surface area is 168 Å². The second-order valence-electron chi connectivity index (χ2n) is 7.60. The van der Waals surface area contributed by atoms with E-state index in [4.69, 9.17) is 18.6 Å². The number of ether oxygens (including phenoxy) is 1. The smallest absolute Gasteiger partial charge is 0.419 e. The van der Waals surface area contributed by atoms with Crippen LogP contribution < -0.4 is 10.5 Å². The number of aryl methyl sites for hydroxylation is 1. The predicted octanol–water partition coefficient (Wildman–Crippen LogP) is 4.23. The van der Waals surface area contributed by atoms with Gasteiger partial charge >= 0.3 is 5.76 Å². The van der Waals surface area contributed by atoms with E-state index in [1.165, 1.54) is 32.1 Å². The number of rotatable bonds is 7. The maximum absolute atomic E-state index is 11.1. The first kappa shape index (κ1) is 19.4. The van der Waals surface area contributed by atoms with Crippen molar-refractivity contribution in [1.29, 1.82) is 0 Å². The number of aromatic nitrogens is 2. The maximum atomic E-state index is 11.1. The second kappa shape index (κ2) is 8.59. The Morgan fingerprint density at radius 2 is 1.93 bits per heavy atom. The summed E-state index contributed by atoms with van der Waals surface area (Å²) in [4.78, 5) is 18.0. The second-order valence-corrected chi connectivity index (χ2v) is 7.60. The quantitative estimate of drug-likeness (QED) is 0.618. The molecule has 1 fully saturated rings. The van der Waals surface area contributed by atoms with E-state index in [1.807, 2.05) is 31.2 Å². The van der Waals surface area contributed by atoms with Gasteiger partial charge in [-0.25, -0.2) is 9.78 Å². The molecule has 1 aliphatic rings. The standard InChI is InChI=1S/C22H26N2O5/c1-14-18(23-21(28-14)16-5-3-2-4-6-16)11-12-27-17-9-7-15(8-10-17)13-19-20(25)24-22(26)29-19/h7-10,16,25H,2-6,11-13H2,1H3,(H,24,26). The van der Waals surface area contributed by atoms with Gasteiger partial charge in [0.25, 0.3) is 0 Å². The van der Waals surface area contributed by atoms with Crippen molar-refractivity contribution in [3.05, 3.63) is 63.5 Å². The van der Waals surface area contributed by atoms with Crippen LogP contribution in [0.15, 0.2) is 37.9 Å². The van der Waals surface area contributed by atoms with Crippen LogP contribution >= 0.6 is 0 Å². The van der Waals surface area contributed by atoms with Gasteiger partial charge in [0.2, 0.25) is 5.88 Å². The third-order valence-electron chi connectivity index (χ3n) is 5.46. The molecule has 1 saturated carbocycles. The summed E-state index contributed by atoms with van der Waals surface area (Å²) in [7, 11) is 0. The van der Waals surface area contributed by atoms with Crippen molar-refractivity contribution in [1.82, 2.24) is 9.97 Å². The van der Waals surface area contributed by atoms with Crippen molar-refractivity contribution in [2.45, 2.75) is 57.8 Å². The van der Waals surface area contributed by atoms with E-state index in [1.54, 1.807) is 0 Å². The number of aromatic hydroxyl groups is 1. The highest BCUT2D eigenvalue weighted by molar-refractivity contribution is 5.31. The van der Waals surface area contributed by atoms with Gasteiger partial charge in [0.15, 0.2) is 11.7 Å². The van der Waals surface area contributed by atoms with E-state index in [9.17, 15) is 9.90 Å². The van der Waals surface area contributed by atoms with E-state index in [0.29, 0.717) is 25.4 Å². The number of oxazole rings is 2. The Kier molecular flexibility index (Phi) is 5.74. The largest absolute Gasteiger partial charge is 0.493 e. The fraction of sp³-hybridized carbons (Fsp3) is 0.455. The fourth-order valence-corrected chi connectivity index (χ4v) is 3.83. The SMILES string of the molecule is Cc1oc(C2CCCCC2)nc1CCOc1ccc(Cc2oc(=O)[nH]c2O)cc1. The lowest BCUT2D eigenvalue weighted by molar-refractivity contribution is 0.319. The minimum absolute atomic E-state index is 0.221. The van der Waals surface area contributed by atoms with E-state index >= 15 is 0 Å². The third-order valence-corrected chi connectivity index (χ3v) is 5.46. The lowest BCUT2D eigenvalue weighted by Gasteiger charge is -2.17. The summed E-state index contributed by atoms with van der Waals surface area (Å²) >= 11 is 0. The Bertz CT molecular complexity index is 993. The molecule has 0 spiro atoms. The molecule has 0 amide bonds. The van der Waals surface area contributed by atoms with Gasteiger partial charge in [-0.1, -0.05) is 31.4 Å². The summed E-state index contributed by atoms with van der Waals surface area (Å²) in [5.74, 6) is 2.33. The molecule has 154 valence electrons. The van der Waals surface area contributed by atoms with Gasteiger partial charge in [-0.2, -0.15) is 0 Å². The van der Waals surface area contributed by atoms with Gasteiger partial charge < -0.3 is 18.7 Å². The number of benzene rings is 1. The van der Waals surface area contributed by atoms with Crippen LogP contribution in [-0.2, 0) is 12.8 Å². The molecule has 1 aromatic carbocycles. The van der Waals surface area contributed by atoms with Crippen molar-refractivity contribution >= 4 is 0 Å². The summed E-state index contributed by atoms with van der Waals surface area (Å²) < 4.78 is 16.7. The molecule has 0 bridgehead atoms. The lowest BCUT2D eigenvalue weighted by atomic mass is 9.89. The highest BCUT2D eigenvalue weighted by atomic mass is 16.5. The zero-order chi connectivity index (χ0) is 20.2. The number of hydrogen-bond acceptors (Lipinski definition) is 6. The fourth-order valence-electron chi connectivity index (χ4n) is 3.83. The molecule has 29 heavy (non-hydrogen) atoms. The van der Waals surface area contributed by atoms with Crippen LogP contribution in [0.25, 0.3) is 0 Å². The number of H-pyrrole nitrogens is 1. The van der Waals surface area contributed by atoms with Crippen LogP contribution in [-0.4, -0.2) is 21.7 Å². The highest BCUT2D eigenvalue weighted by Gasteiger charge is 2.21. The van der Waals surface area contributed by atoms with Crippen LogP contribution in [0, 0.1) is 6.92 Å². The lowest BCUT2D eigenvalue weighted by Crippen LogP contribution is -2.06. The van der Waals surface area contributed by atoms with Crippen molar-refractivity contribution in [3.8, 4) is 11.6 Å². The summed E-state index contributed by atoms with van der Waals surface area (Å²) in [6.45, 7) is 2.49. The Hall–Kier alpha value is -2.96. The molecule has 4 rings (SSSR count). The molecule has 7 heteroatoms. The zero-order valence-corrected chi connectivity index (χ0v) is 16.6. The molecular weight excluding hydrogens is 372 g/mol. The molecular formula is C22H26N2O5. The minimum atomic E-state index is -0.660. The predicted molar refractivity (Wildman–Crippen MR) is 107 cm³/mol. The van der Waals surface area contributed by atoms with Crippen molar-refractivity contribution in [2.75, 3.05) is 6.61 Å². The highest BCUT2D eigenvalue weighted by Crippen LogP contribution is 2.33. The summed E-state index contributed by atoms with van der Waals surface area (Å²) in [6, 6.07) is 7.48. The monoisotopic (exact) mass is 398 g/mol. The van der Waals surface area contributed by atoms with Crippen LogP contribution in [0.2, 0.25) is 0 Å². The van der Waals surface area contributed by atoms with Gasteiger partial charge in [0, 0.05) is 18.8 Å². The number of nitrogens with zero attached hydrogens (tertiary/aromatic N) is 1. The topological polar surface area (TPSA) is 101 Å². The molecule has 0 saturated heterocycles. The van der Waals surface area contributed by atoms with E-state index < -0.39 is 5.76 Å². The van der Waals surface area contributed by atoms with Gasteiger partial charge in [0.05, 0.1) is 12.3 Å². The minimum Gasteiger partial charge on any atom is -0.493 e. The maximum Gasteiger partial charge on any atom is 0.419 e. The average molecular weight is 398 g/mol. The number of nitrogens with one attached hydrogen (secondary N) is 1. The Morgan fingerprint density at radius 3 is 2.62 bits per heavy atom. The number of aromatic amines is 1. The van der Waals surface area contributed by atoms with Crippen LogP contribution in [0.4, 0.5) is 0 Å². The van der Waals surface area contributed by atoms with Crippen molar-refractivity contribution in [3.63, 3.8) is 0 Å². The summed E-state index contributed by atoms with van der Waals surface area (Å²) in [6.07, 6.45) is 7.21. The van der Waals surface area contributed by atoms with Crippen molar-refractivity contribution < 1.29 is 18.7 Å². The van der Waals surface area contributed by atoms with Gasteiger partial charge in [-0.15, -0.1) is 0 Å². The average Bonchev–Trinajstić information content (AvgIpc) is 3.25. The van der Waals surface area contributed by atoms with Crippen LogP contribution in [0.5, 0.6) is 11.6 Å².